The van der Waals surface area contributed by atoms with Gasteiger partial charge < -0.3 is 29.6 Å². The molecule has 0 aliphatic carbocycles. The lowest BCUT2D eigenvalue weighted by atomic mass is 10.0. The van der Waals surface area contributed by atoms with Crippen LogP contribution in [0.5, 0.6) is 5.75 Å². The van der Waals surface area contributed by atoms with Gasteiger partial charge in [0.1, 0.15) is 35.2 Å². The Morgan fingerprint density at radius 3 is 2.69 bits per heavy atom. The van der Waals surface area contributed by atoms with E-state index in [1.54, 1.807) is 44.5 Å². The summed E-state index contributed by atoms with van der Waals surface area (Å²) in [7, 11) is 3.21. The zero-order valence-electron chi connectivity index (χ0n) is 22.3. The Morgan fingerprint density at radius 1 is 1.26 bits per heavy atom. The molecule has 220 valence electrons. The standard InChI is InChI=1S/C25H25N7O8S2/c1-31-24(28-29-30-31)42-12-14-11-41-22-18(21(34)32(22)19(14)23(35)36)26-20(33)17(16-4-3-9-39-16)27-25(37)40-10-13-5-7-15(38-2)8-6-13/h3-9,17-18,22H,10-12H2,1-2H3,(H,26,33)(H,27,37)(H,35,36)/t17?,18-,22?/m1/s1. The number of fused-ring (bicyclic) bond motifs is 1. The van der Waals surface area contributed by atoms with Gasteiger partial charge in [0.25, 0.3) is 11.8 Å². The summed E-state index contributed by atoms with van der Waals surface area (Å²) in [5, 5.41) is 26.1. The Hall–Kier alpha value is -4.51. The van der Waals surface area contributed by atoms with Gasteiger partial charge in [0.05, 0.1) is 13.4 Å². The molecule has 2 aliphatic rings. The molecule has 17 heteroatoms. The van der Waals surface area contributed by atoms with E-state index in [9.17, 15) is 24.3 Å². The van der Waals surface area contributed by atoms with Crippen LogP contribution in [0, 0.1) is 0 Å². The Balaban J connectivity index is 1.23. The lowest BCUT2D eigenvalue weighted by Gasteiger charge is -2.49. The molecule has 2 aliphatic heterocycles. The minimum Gasteiger partial charge on any atom is -0.497 e. The number of benzene rings is 1. The highest BCUT2D eigenvalue weighted by atomic mass is 32.2. The number of tetrazole rings is 1. The predicted octanol–water partition coefficient (Wildman–Crippen LogP) is 1.31. The molecule has 3 aromatic rings. The number of β-lactam (4-membered cyclic amide) rings is 1. The Kier molecular flexibility index (Phi) is 8.67. The van der Waals surface area contributed by atoms with Gasteiger partial charge in [0, 0.05) is 18.6 Å². The highest BCUT2D eigenvalue weighted by Crippen LogP contribution is 2.41. The van der Waals surface area contributed by atoms with Gasteiger partial charge in [-0.2, -0.15) is 0 Å². The summed E-state index contributed by atoms with van der Waals surface area (Å²) in [6.07, 6.45) is 0.459. The summed E-state index contributed by atoms with van der Waals surface area (Å²) in [5.41, 5.74) is 1.11. The number of aliphatic carboxylic acids is 1. The summed E-state index contributed by atoms with van der Waals surface area (Å²) in [4.78, 5) is 52.3. The number of methoxy groups -OCH3 is 1. The van der Waals surface area contributed by atoms with Gasteiger partial charge in [-0.3, -0.25) is 14.5 Å². The maximum atomic E-state index is 13.3. The zero-order chi connectivity index (χ0) is 29.8. The highest BCUT2D eigenvalue weighted by Gasteiger charge is 2.54. The van der Waals surface area contributed by atoms with Crippen LogP contribution in [0.2, 0.25) is 0 Å². The Labute approximate surface area is 247 Å². The number of ether oxygens (including phenoxy) is 2. The second-order valence-corrected chi connectivity index (χ2v) is 11.1. The van der Waals surface area contributed by atoms with Crippen molar-refractivity contribution in [2.24, 2.45) is 7.05 Å². The number of hydrogen-bond acceptors (Lipinski definition) is 12. The fourth-order valence-corrected chi connectivity index (χ4v) is 6.61. The zero-order valence-corrected chi connectivity index (χ0v) is 23.9. The molecular formula is C25H25N7O8S2. The van der Waals surface area contributed by atoms with Gasteiger partial charge in [-0.25, -0.2) is 14.3 Å². The number of carboxylic acid groups (broad SMARTS) is 1. The lowest BCUT2D eigenvalue weighted by Crippen LogP contribution is -2.71. The van der Waals surface area contributed by atoms with E-state index in [0.717, 1.165) is 0 Å². The predicted molar refractivity (Wildman–Crippen MR) is 147 cm³/mol. The van der Waals surface area contributed by atoms with E-state index in [1.807, 2.05) is 0 Å². The molecular weight excluding hydrogens is 590 g/mol. The first-order valence-corrected chi connectivity index (χ1v) is 14.5. The average molecular weight is 616 g/mol. The molecule has 0 spiro atoms. The second kappa shape index (κ2) is 12.6. The summed E-state index contributed by atoms with van der Waals surface area (Å²) >= 11 is 2.57. The van der Waals surface area contributed by atoms with Crippen LogP contribution in [-0.2, 0) is 32.8 Å². The fraction of sp³-hybridized carbons (Fsp3) is 0.320. The van der Waals surface area contributed by atoms with Crippen molar-refractivity contribution in [2.45, 2.75) is 29.2 Å². The Bertz CT molecular complexity index is 1510. The van der Waals surface area contributed by atoms with Gasteiger partial charge in [0.2, 0.25) is 5.16 Å². The van der Waals surface area contributed by atoms with Crippen molar-refractivity contribution < 1.29 is 38.2 Å². The molecule has 3 atom stereocenters. The fourth-order valence-electron chi connectivity index (χ4n) is 4.28. The van der Waals surface area contributed by atoms with Crippen LogP contribution in [-0.4, -0.2) is 84.1 Å². The molecule has 1 fully saturated rings. The number of carboxylic acids is 1. The van der Waals surface area contributed by atoms with E-state index in [-0.39, 0.29) is 23.8 Å². The van der Waals surface area contributed by atoms with Crippen LogP contribution in [0.3, 0.4) is 0 Å². The van der Waals surface area contributed by atoms with Crippen LogP contribution in [0.4, 0.5) is 4.79 Å². The molecule has 1 aromatic carbocycles. The van der Waals surface area contributed by atoms with E-state index in [2.05, 4.69) is 26.2 Å². The van der Waals surface area contributed by atoms with Crippen molar-refractivity contribution >= 4 is 47.4 Å². The molecule has 0 bridgehead atoms. The van der Waals surface area contributed by atoms with Gasteiger partial charge >= 0.3 is 12.1 Å². The summed E-state index contributed by atoms with van der Waals surface area (Å²) in [6.45, 7) is -0.0603. The number of carbonyl (C=O) groups is 4. The number of aromatic nitrogens is 4. The number of rotatable bonds is 11. The quantitative estimate of drug-likeness (QED) is 0.207. The van der Waals surface area contributed by atoms with Gasteiger partial charge in [-0.15, -0.1) is 16.9 Å². The molecule has 42 heavy (non-hydrogen) atoms. The first kappa shape index (κ1) is 29.0. The average Bonchev–Trinajstić information content (AvgIpc) is 3.68. The van der Waals surface area contributed by atoms with Crippen LogP contribution in [0.1, 0.15) is 17.4 Å². The van der Waals surface area contributed by atoms with Crippen molar-refractivity contribution in [3.05, 3.63) is 65.3 Å². The van der Waals surface area contributed by atoms with Crippen LogP contribution < -0.4 is 15.4 Å². The van der Waals surface area contributed by atoms with E-state index in [0.29, 0.717) is 27.8 Å². The molecule has 4 heterocycles. The summed E-state index contributed by atoms with van der Waals surface area (Å²) in [6, 6.07) is 7.64. The molecule has 3 N–H and O–H groups in total. The van der Waals surface area contributed by atoms with E-state index in [4.69, 9.17) is 13.9 Å². The monoisotopic (exact) mass is 615 g/mol. The van der Waals surface area contributed by atoms with Crippen LogP contribution >= 0.6 is 23.5 Å². The van der Waals surface area contributed by atoms with E-state index < -0.39 is 41.3 Å². The molecule has 3 amide bonds. The lowest BCUT2D eigenvalue weighted by molar-refractivity contribution is -0.151. The second-order valence-electron chi connectivity index (χ2n) is 9.04. The minimum absolute atomic E-state index is 0.0603. The molecule has 0 saturated carbocycles. The number of carbonyl (C=O) groups excluding carboxylic acids is 3. The van der Waals surface area contributed by atoms with Crippen molar-refractivity contribution in [2.75, 3.05) is 18.6 Å². The number of thioether (sulfide) groups is 2. The number of amides is 3. The number of nitrogens with one attached hydrogen (secondary N) is 2. The molecule has 15 nitrogen and oxygen atoms in total. The SMILES string of the molecule is COc1ccc(COC(=O)NC(C(=O)N[C@@H]2C(=O)N3C(C(=O)O)=C(CSc4nnnn4C)CSC23)c2ccco2)cc1. The van der Waals surface area contributed by atoms with Gasteiger partial charge in [0.15, 0.2) is 6.04 Å². The van der Waals surface area contributed by atoms with Crippen molar-refractivity contribution in [1.82, 2.24) is 35.7 Å². The van der Waals surface area contributed by atoms with Crippen molar-refractivity contribution in [1.29, 1.82) is 0 Å². The largest absolute Gasteiger partial charge is 0.497 e. The maximum Gasteiger partial charge on any atom is 0.408 e. The number of alkyl carbamates (subject to hydrolysis) is 1. The van der Waals surface area contributed by atoms with Crippen molar-refractivity contribution in [3.63, 3.8) is 0 Å². The van der Waals surface area contributed by atoms with E-state index >= 15 is 0 Å². The summed E-state index contributed by atoms with van der Waals surface area (Å²) < 4.78 is 17.2. The first-order chi connectivity index (χ1) is 20.3. The van der Waals surface area contributed by atoms with E-state index in [1.165, 1.54) is 45.4 Å². The molecule has 2 aromatic heterocycles. The third-order valence-corrected chi connectivity index (χ3v) is 8.82. The number of furan rings is 1. The third kappa shape index (κ3) is 6.06. The third-order valence-electron chi connectivity index (χ3n) is 6.39. The molecule has 1 saturated heterocycles. The summed E-state index contributed by atoms with van der Waals surface area (Å²) in [5.74, 6) is -1.20. The molecule has 2 unspecified atom stereocenters. The topological polar surface area (TPSA) is 191 Å². The number of hydrogen-bond donors (Lipinski definition) is 3. The molecule has 5 rings (SSSR count). The number of nitrogens with zero attached hydrogens (tertiary/aromatic N) is 5. The molecule has 0 radical (unpaired) electrons. The highest BCUT2D eigenvalue weighted by molar-refractivity contribution is 8.01. The van der Waals surface area contributed by atoms with Gasteiger partial charge in [-0.1, -0.05) is 23.9 Å². The van der Waals surface area contributed by atoms with Crippen molar-refractivity contribution in [3.8, 4) is 5.75 Å². The minimum atomic E-state index is -1.31. The van der Waals surface area contributed by atoms with Crippen LogP contribution in [0.25, 0.3) is 0 Å². The first-order valence-electron chi connectivity index (χ1n) is 12.4. The normalized spacial score (nSPS) is 18.5. The Morgan fingerprint density at radius 2 is 2.05 bits per heavy atom. The smallest absolute Gasteiger partial charge is 0.408 e. The number of aryl methyl sites for hydroxylation is 1. The van der Waals surface area contributed by atoms with Gasteiger partial charge in [-0.05, 0) is 45.8 Å². The maximum absolute atomic E-state index is 13.3. The van der Waals surface area contributed by atoms with Crippen LogP contribution in [0.15, 0.2) is 63.5 Å².